The van der Waals surface area contributed by atoms with Gasteiger partial charge in [-0.3, -0.25) is 9.59 Å². The Hall–Kier alpha value is -0.900. The molecule has 0 heterocycles. The van der Waals surface area contributed by atoms with Crippen LogP contribution in [0.1, 0.15) is 42.0 Å². The van der Waals surface area contributed by atoms with E-state index in [0.29, 0.717) is 0 Å². The number of carboxylic acid groups (broad SMARTS) is 1. The lowest BCUT2D eigenvalue weighted by Crippen LogP contribution is -2.18. The molecule has 0 rings (SSSR count). The van der Waals surface area contributed by atoms with Crippen LogP contribution in [-0.2, 0) is 14.3 Å². The van der Waals surface area contributed by atoms with Gasteiger partial charge in [-0.05, 0) is 6.92 Å². The fourth-order valence-corrected chi connectivity index (χ4v) is 0.754. The first-order chi connectivity index (χ1) is 5.06. The maximum atomic E-state index is 10.5. The third kappa shape index (κ3) is 13.7. The van der Waals surface area contributed by atoms with Gasteiger partial charge in [-0.1, -0.05) is 22.3 Å². The highest BCUT2D eigenvalue weighted by molar-refractivity contribution is 5.77. The molecule has 0 aromatic rings. The number of aliphatic carboxylic acids is 1. The number of carboxylic acids is 1. The van der Waals surface area contributed by atoms with E-state index >= 15 is 0 Å². The van der Waals surface area contributed by atoms with Crippen LogP contribution in [0.4, 0.5) is 0 Å². The first-order valence-electron chi connectivity index (χ1n) is 3.30. The summed E-state index contributed by atoms with van der Waals surface area (Å²) in [5.74, 6) is -1.00. The van der Waals surface area contributed by atoms with Gasteiger partial charge >= 0.3 is 5.97 Å². The average Bonchev–Trinajstić information content (AvgIpc) is 1.84. The van der Waals surface area contributed by atoms with Crippen LogP contribution >= 0.6 is 0 Å². The molecule has 1 atom stereocenters. The highest BCUT2D eigenvalue weighted by atomic mass is 16.5. The number of methoxy groups -OCH3 is 1. The van der Waals surface area contributed by atoms with Gasteiger partial charge in [0.25, 0.3) is 0 Å². The summed E-state index contributed by atoms with van der Waals surface area (Å²) < 4.78 is 4.77. The van der Waals surface area contributed by atoms with Gasteiger partial charge in [0.15, 0.2) is 0 Å². The van der Waals surface area contributed by atoms with Crippen molar-refractivity contribution in [2.75, 3.05) is 7.11 Å². The van der Waals surface area contributed by atoms with Crippen molar-refractivity contribution in [1.29, 1.82) is 0 Å². The molecule has 4 heteroatoms. The molecule has 1 unspecified atom stereocenters. The first kappa shape index (κ1) is 23.2. The molecule has 0 radical (unpaired) electrons. The molecule has 0 aromatic heterocycles. The van der Waals surface area contributed by atoms with Gasteiger partial charge in [0.05, 0.1) is 12.5 Å². The first-order valence-corrected chi connectivity index (χ1v) is 3.30. The molecule has 1 N–H and O–H groups in total. The van der Waals surface area contributed by atoms with E-state index in [0.717, 1.165) is 0 Å². The number of hydrogen-bond donors (Lipinski definition) is 1. The summed E-state index contributed by atoms with van der Waals surface area (Å²) in [5.41, 5.74) is 0. The van der Waals surface area contributed by atoms with E-state index in [1.807, 2.05) is 0 Å². The number of carbonyl (C=O) groups excluding carboxylic acids is 1. The average molecular weight is 208 g/mol. The molecule has 0 aliphatic carbocycles. The SMILES string of the molecule is C.C.C.COC(CC(C)=O)CC(=O)O. The minimum atomic E-state index is -0.946. The smallest absolute Gasteiger partial charge is 0.305 e. The van der Waals surface area contributed by atoms with Crippen molar-refractivity contribution in [3.05, 3.63) is 0 Å². The van der Waals surface area contributed by atoms with Gasteiger partial charge in [0, 0.05) is 13.5 Å². The zero-order valence-corrected chi connectivity index (χ0v) is 6.66. The third-order valence-electron chi connectivity index (χ3n) is 1.25. The molecule has 4 nitrogen and oxygen atoms in total. The fourth-order valence-electron chi connectivity index (χ4n) is 0.754. The Morgan fingerprint density at radius 3 is 1.86 bits per heavy atom. The zero-order valence-electron chi connectivity index (χ0n) is 6.66. The maximum absolute atomic E-state index is 10.5. The molecule has 14 heavy (non-hydrogen) atoms. The number of Topliss-reactive ketones (excluding diaryl/α,β-unsaturated/α-hetero) is 1. The molecule has 0 fully saturated rings. The Morgan fingerprint density at radius 1 is 1.21 bits per heavy atom. The van der Waals surface area contributed by atoms with Crippen LogP contribution in [0.2, 0.25) is 0 Å². The minimum Gasteiger partial charge on any atom is -0.481 e. The van der Waals surface area contributed by atoms with E-state index in [-0.39, 0.29) is 40.9 Å². The van der Waals surface area contributed by atoms with Crippen LogP contribution in [0.5, 0.6) is 0 Å². The van der Waals surface area contributed by atoms with Crippen molar-refractivity contribution in [1.82, 2.24) is 0 Å². The van der Waals surface area contributed by atoms with Gasteiger partial charge in [-0.15, -0.1) is 0 Å². The molecule has 88 valence electrons. The highest BCUT2D eigenvalue weighted by Crippen LogP contribution is 2.02. The Kier molecular flexibility index (Phi) is 20.0. The lowest BCUT2D eigenvalue weighted by Gasteiger charge is -2.09. The monoisotopic (exact) mass is 208 g/mol. The Morgan fingerprint density at radius 2 is 1.64 bits per heavy atom. The second-order valence-corrected chi connectivity index (χ2v) is 2.36. The summed E-state index contributed by atoms with van der Waals surface area (Å²) in [6, 6.07) is 0. The summed E-state index contributed by atoms with van der Waals surface area (Å²) in [4.78, 5) is 20.7. The molecule has 0 aliphatic rings. The number of carbonyl (C=O) groups is 2. The van der Waals surface area contributed by atoms with Crippen LogP contribution in [0, 0.1) is 0 Å². The van der Waals surface area contributed by atoms with Crippen LogP contribution in [0.3, 0.4) is 0 Å². The summed E-state index contributed by atoms with van der Waals surface area (Å²) >= 11 is 0. The normalized spacial score (nSPS) is 9.86. The summed E-state index contributed by atoms with van der Waals surface area (Å²) in [6.45, 7) is 1.41. The fraction of sp³-hybridized carbons (Fsp3) is 0.800. The van der Waals surface area contributed by atoms with E-state index in [2.05, 4.69) is 0 Å². The molecule has 0 amide bonds. The molecule has 0 spiro atoms. The van der Waals surface area contributed by atoms with E-state index in [9.17, 15) is 9.59 Å². The number of hydrogen-bond acceptors (Lipinski definition) is 3. The van der Waals surface area contributed by atoms with Crippen LogP contribution in [0.25, 0.3) is 0 Å². The van der Waals surface area contributed by atoms with Gasteiger partial charge in [-0.2, -0.15) is 0 Å². The largest absolute Gasteiger partial charge is 0.481 e. The standard InChI is InChI=1S/C7H12O4.3CH4/c1-5(8)3-6(11-2)4-7(9)10;;;/h6H,3-4H2,1-2H3,(H,9,10);3*1H4. The molecule has 0 aromatic carbocycles. The second kappa shape index (κ2) is 12.1. The van der Waals surface area contributed by atoms with Crippen LogP contribution < -0.4 is 0 Å². The Labute approximate surface area is 87.3 Å². The van der Waals surface area contributed by atoms with Crippen LogP contribution in [0.15, 0.2) is 0 Å². The molecule has 0 saturated heterocycles. The van der Waals surface area contributed by atoms with E-state index in [1.54, 1.807) is 0 Å². The minimum absolute atomic E-state index is 0. The second-order valence-electron chi connectivity index (χ2n) is 2.36. The van der Waals surface area contributed by atoms with Gasteiger partial charge in [-0.25, -0.2) is 0 Å². The molecule has 0 aliphatic heterocycles. The maximum Gasteiger partial charge on any atom is 0.305 e. The number of ketones is 1. The van der Waals surface area contributed by atoms with Crippen molar-refractivity contribution < 1.29 is 19.4 Å². The van der Waals surface area contributed by atoms with Crippen molar-refractivity contribution >= 4 is 11.8 Å². The zero-order chi connectivity index (χ0) is 8.85. The predicted molar refractivity (Wildman–Crippen MR) is 58.5 cm³/mol. The van der Waals surface area contributed by atoms with E-state index < -0.39 is 12.1 Å². The van der Waals surface area contributed by atoms with Crippen molar-refractivity contribution in [3.63, 3.8) is 0 Å². The Bertz CT molecular complexity index is 138. The van der Waals surface area contributed by atoms with E-state index in [4.69, 9.17) is 9.84 Å². The number of ether oxygens (including phenoxy) is 1. The lowest BCUT2D eigenvalue weighted by molar-refractivity contribution is -0.140. The van der Waals surface area contributed by atoms with E-state index in [1.165, 1.54) is 14.0 Å². The summed E-state index contributed by atoms with van der Waals surface area (Å²) in [6.07, 6.45) is -0.427. The molecular weight excluding hydrogens is 184 g/mol. The lowest BCUT2D eigenvalue weighted by atomic mass is 10.1. The Balaban J connectivity index is -0.000000167. The van der Waals surface area contributed by atoms with Gasteiger partial charge in [0.1, 0.15) is 5.78 Å². The predicted octanol–water partition coefficient (Wildman–Crippen LogP) is 2.36. The molecule has 0 saturated carbocycles. The summed E-state index contributed by atoms with van der Waals surface area (Å²) in [5, 5.41) is 8.34. The van der Waals surface area contributed by atoms with Gasteiger partial charge in [0.2, 0.25) is 0 Å². The summed E-state index contributed by atoms with van der Waals surface area (Å²) in [7, 11) is 1.40. The van der Waals surface area contributed by atoms with Crippen LogP contribution in [-0.4, -0.2) is 30.1 Å². The number of rotatable bonds is 5. The third-order valence-corrected chi connectivity index (χ3v) is 1.25. The van der Waals surface area contributed by atoms with Gasteiger partial charge < -0.3 is 9.84 Å². The molecule has 0 bridgehead atoms. The van der Waals surface area contributed by atoms with Crippen molar-refractivity contribution in [2.24, 2.45) is 0 Å². The topological polar surface area (TPSA) is 63.6 Å². The van der Waals surface area contributed by atoms with Crippen molar-refractivity contribution in [2.45, 2.75) is 48.1 Å². The van der Waals surface area contributed by atoms with Crippen molar-refractivity contribution in [3.8, 4) is 0 Å². The highest BCUT2D eigenvalue weighted by Gasteiger charge is 2.13. The molecular formula is C10H24O4. The quantitative estimate of drug-likeness (QED) is 0.753.